The van der Waals surface area contributed by atoms with E-state index in [2.05, 4.69) is 10.4 Å². The Morgan fingerprint density at radius 2 is 2.00 bits per heavy atom. The van der Waals surface area contributed by atoms with Gasteiger partial charge in [-0.15, -0.1) is 0 Å². The Morgan fingerprint density at radius 1 is 1.27 bits per heavy atom. The number of nitrogens with one attached hydrogen (secondary N) is 1. The number of anilines is 1. The number of nitro benzene ring substituents is 1. The lowest BCUT2D eigenvalue weighted by molar-refractivity contribution is -0.384. The van der Waals surface area contributed by atoms with Gasteiger partial charge in [0, 0.05) is 24.0 Å². The molecule has 132 valence electrons. The summed E-state index contributed by atoms with van der Waals surface area (Å²) in [6.07, 6.45) is 2.93. The zero-order valence-corrected chi connectivity index (χ0v) is 14.3. The summed E-state index contributed by atoms with van der Waals surface area (Å²) in [5.74, 6) is 0.148. The van der Waals surface area contributed by atoms with Crippen LogP contribution >= 0.6 is 11.6 Å². The van der Waals surface area contributed by atoms with E-state index in [1.807, 2.05) is 0 Å². The summed E-state index contributed by atoms with van der Waals surface area (Å²) in [6.45, 7) is 0. The van der Waals surface area contributed by atoms with E-state index in [0.717, 1.165) is 0 Å². The largest absolute Gasteiger partial charge is 0.495 e. The van der Waals surface area contributed by atoms with Gasteiger partial charge in [0.2, 0.25) is 0 Å². The Bertz CT molecular complexity index is 969. The van der Waals surface area contributed by atoms with Gasteiger partial charge in [0.05, 0.1) is 34.5 Å². The van der Waals surface area contributed by atoms with Gasteiger partial charge in [-0.1, -0.05) is 11.6 Å². The van der Waals surface area contributed by atoms with Crippen LogP contribution in [0.2, 0.25) is 5.02 Å². The van der Waals surface area contributed by atoms with E-state index in [1.54, 1.807) is 30.3 Å². The van der Waals surface area contributed by atoms with E-state index in [4.69, 9.17) is 16.3 Å². The van der Waals surface area contributed by atoms with E-state index in [0.29, 0.717) is 27.7 Å². The molecule has 0 aliphatic rings. The fraction of sp³-hybridized carbons (Fsp3) is 0.0588. The molecule has 26 heavy (non-hydrogen) atoms. The maximum Gasteiger partial charge on any atom is 0.269 e. The number of hydrogen-bond acceptors (Lipinski definition) is 5. The highest BCUT2D eigenvalue weighted by Gasteiger charge is 2.12. The van der Waals surface area contributed by atoms with Crippen molar-refractivity contribution in [2.45, 2.75) is 0 Å². The van der Waals surface area contributed by atoms with Gasteiger partial charge in [-0.25, -0.2) is 4.68 Å². The molecule has 1 amide bonds. The molecule has 1 heterocycles. The normalized spacial score (nSPS) is 10.4. The number of non-ortho nitro benzene ring substituents is 1. The number of carbonyl (C=O) groups is 1. The SMILES string of the molecule is COc1ccc(NC(=O)c2cnn(-c3ccc([N+](=O)[O-])cc3)c2)cc1Cl. The molecule has 0 aliphatic heterocycles. The molecule has 2 aromatic carbocycles. The van der Waals surface area contributed by atoms with Crippen molar-refractivity contribution >= 4 is 28.9 Å². The molecule has 0 saturated heterocycles. The summed E-state index contributed by atoms with van der Waals surface area (Å²) in [5, 5.41) is 17.9. The summed E-state index contributed by atoms with van der Waals surface area (Å²) >= 11 is 6.04. The third kappa shape index (κ3) is 3.65. The van der Waals surface area contributed by atoms with E-state index < -0.39 is 4.92 Å². The maximum atomic E-state index is 12.3. The average molecular weight is 373 g/mol. The first-order valence-corrected chi connectivity index (χ1v) is 7.80. The fourth-order valence-electron chi connectivity index (χ4n) is 2.26. The molecule has 3 rings (SSSR count). The van der Waals surface area contributed by atoms with Crippen molar-refractivity contribution in [2.75, 3.05) is 12.4 Å². The topological polar surface area (TPSA) is 99.3 Å². The number of benzene rings is 2. The molecule has 8 nitrogen and oxygen atoms in total. The molecular formula is C17H13ClN4O4. The van der Waals surface area contributed by atoms with Crippen molar-refractivity contribution in [1.29, 1.82) is 0 Å². The lowest BCUT2D eigenvalue weighted by atomic mass is 10.2. The van der Waals surface area contributed by atoms with E-state index >= 15 is 0 Å². The molecule has 3 aromatic rings. The number of rotatable bonds is 5. The van der Waals surface area contributed by atoms with Crippen LogP contribution in [0, 0.1) is 10.1 Å². The molecule has 0 spiro atoms. The van der Waals surface area contributed by atoms with E-state index in [1.165, 1.54) is 36.3 Å². The summed E-state index contributed by atoms with van der Waals surface area (Å²) in [6, 6.07) is 10.7. The molecule has 1 N–H and O–H groups in total. The van der Waals surface area contributed by atoms with Gasteiger partial charge in [0.25, 0.3) is 11.6 Å². The first-order chi connectivity index (χ1) is 12.5. The number of amides is 1. The van der Waals surface area contributed by atoms with Crippen LogP contribution in [-0.2, 0) is 0 Å². The summed E-state index contributed by atoms with van der Waals surface area (Å²) in [5.41, 5.74) is 1.43. The van der Waals surface area contributed by atoms with Crippen LogP contribution in [0.15, 0.2) is 54.9 Å². The second kappa shape index (κ2) is 7.24. The third-order valence-electron chi connectivity index (χ3n) is 3.58. The summed E-state index contributed by atoms with van der Waals surface area (Å²) in [7, 11) is 1.51. The minimum Gasteiger partial charge on any atom is -0.495 e. The van der Waals surface area contributed by atoms with Gasteiger partial charge < -0.3 is 10.1 Å². The van der Waals surface area contributed by atoms with Crippen LogP contribution in [0.4, 0.5) is 11.4 Å². The highest BCUT2D eigenvalue weighted by Crippen LogP contribution is 2.27. The number of methoxy groups -OCH3 is 1. The minimum atomic E-state index is -0.480. The van der Waals surface area contributed by atoms with Gasteiger partial charge in [0.1, 0.15) is 5.75 Å². The monoisotopic (exact) mass is 372 g/mol. The molecule has 0 saturated carbocycles. The molecule has 0 fully saturated rings. The second-order valence-corrected chi connectivity index (χ2v) is 5.66. The van der Waals surface area contributed by atoms with E-state index in [9.17, 15) is 14.9 Å². The van der Waals surface area contributed by atoms with Crippen LogP contribution in [0.3, 0.4) is 0 Å². The standard InChI is InChI=1S/C17H13ClN4O4/c1-26-16-7-2-12(8-15(16)18)20-17(23)11-9-19-21(10-11)13-3-5-14(6-4-13)22(24)25/h2-10H,1H3,(H,20,23). The van der Waals surface area contributed by atoms with Gasteiger partial charge in [-0.2, -0.15) is 5.10 Å². The molecular weight excluding hydrogens is 360 g/mol. The molecule has 0 atom stereocenters. The smallest absolute Gasteiger partial charge is 0.269 e. The Kier molecular flexibility index (Phi) is 4.85. The van der Waals surface area contributed by atoms with Gasteiger partial charge in [0.15, 0.2) is 0 Å². The predicted molar refractivity (Wildman–Crippen MR) is 96.2 cm³/mol. The Hall–Kier alpha value is -3.39. The first kappa shape index (κ1) is 17.4. The minimum absolute atomic E-state index is 0.0183. The van der Waals surface area contributed by atoms with Crippen molar-refractivity contribution < 1.29 is 14.5 Å². The lowest BCUT2D eigenvalue weighted by Crippen LogP contribution is -2.11. The fourth-order valence-corrected chi connectivity index (χ4v) is 2.51. The second-order valence-electron chi connectivity index (χ2n) is 5.25. The van der Waals surface area contributed by atoms with Crippen LogP contribution in [0.25, 0.3) is 5.69 Å². The molecule has 0 aliphatic carbocycles. The predicted octanol–water partition coefficient (Wildman–Crippen LogP) is 3.69. The van der Waals surface area contributed by atoms with Gasteiger partial charge >= 0.3 is 0 Å². The van der Waals surface area contributed by atoms with Crippen molar-refractivity contribution in [3.05, 3.63) is 75.6 Å². The molecule has 9 heteroatoms. The maximum absolute atomic E-state index is 12.3. The summed E-state index contributed by atoms with van der Waals surface area (Å²) in [4.78, 5) is 22.6. The Balaban J connectivity index is 1.75. The lowest BCUT2D eigenvalue weighted by Gasteiger charge is -2.07. The Morgan fingerprint density at radius 3 is 2.62 bits per heavy atom. The van der Waals surface area contributed by atoms with Gasteiger partial charge in [-0.05, 0) is 30.3 Å². The zero-order valence-electron chi connectivity index (χ0n) is 13.5. The van der Waals surface area contributed by atoms with Crippen molar-refractivity contribution in [3.63, 3.8) is 0 Å². The average Bonchev–Trinajstić information content (AvgIpc) is 3.12. The molecule has 0 radical (unpaired) electrons. The molecule has 1 aromatic heterocycles. The van der Waals surface area contributed by atoms with Crippen molar-refractivity contribution in [1.82, 2.24) is 9.78 Å². The highest BCUT2D eigenvalue weighted by molar-refractivity contribution is 6.32. The number of hydrogen-bond donors (Lipinski definition) is 1. The van der Waals surface area contributed by atoms with Crippen LogP contribution in [0.1, 0.15) is 10.4 Å². The zero-order chi connectivity index (χ0) is 18.7. The number of aromatic nitrogens is 2. The first-order valence-electron chi connectivity index (χ1n) is 7.42. The third-order valence-corrected chi connectivity index (χ3v) is 3.87. The molecule has 0 bridgehead atoms. The quantitative estimate of drug-likeness (QED) is 0.543. The van der Waals surface area contributed by atoms with Crippen molar-refractivity contribution in [3.8, 4) is 11.4 Å². The number of halogens is 1. The van der Waals surface area contributed by atoms with Crippen molar-refractivity contribution in [2.24, 2.45) is 0 Å². The van der Waals surface area contributed by atoms with Crippen LogP contribution in [0.5, 0.6) is 5.75 Å². The van der Waals surface area contributed by atoms with E-state index in [-0.39, 0.29) is 11.6 Å². The number of nitro groups is 1. The number of carbonyl (C=O) groups excluding carboxylic acids is 1. The number of nitrogens with zero attached hydrogens (tertiary/aromatic N) is 3. The van der Waals surface area contributed by atoms with Crippen LogP contribution in [-0.4, -0.2) is 27.7 Å². The van der Waals surface area contributed by atoms with Crippen LogP contribution < -0.4 is 10.1 Å². The Labute approximate surface area is 153 Å². The highest BCUT2D eigenvalue weighted by atomic mass is 35.5. The summed E-state index contributed by atoms with van der Waals surface area (Å²) < 4.78 is 6.52. The number of ether oxygens (including phenoxy) is 1. The van der Waals surface area contributed by atoms with Gasteiger partial charge in [-0.3, -0.25) is 14.9 Å². The molecule has 0 unspecified atom stereocenters.